The summed E-state index contributed by atoms with van der Waals surface area (Å²) in [4.78, 5) is 8.26. The van der Waals surface area contributed by atoms with Gasteiger partial charge < -0.3 is 15.0 Å². The van der Waals surface area contributed by atoms with E-state index in [4.69, 9.17) is 4.74 Å². The van der Waals surface area contributed by atoms with E-state index in [-0.39, 0.29) is 0 Å². The van der Waals surface area contributed by atoms with Crippen molar-refractivity contribution in [1.29, 1.82) is 0 Å². The second-order valence-corrected chi connectivity index (χ2v) is 5.48. The fraction of sp³-hybridized carbons (Fsp3) is 0.750. The van der Waals surface area contributed by atoms with Crippen LogP contribution in [0.25, 0.3) is 0 Å². The number of anilines is 1. The third-order valence-corrected chi connectivity index (χ3v) is 4.42. The molecule has 1 aliphatic heterocycles. The fourth-order valence-electron chi connectivity index (χ4n) is 1.95. The van der Waals surface area contributed by atoms with Crippen LogP contribution in [-0.2, 0) is 11.3 Å². The highest BCUT2D eigenvalue weighted by Crippen LogP contribution is 2.28. The van der Waals surface area contributed by atoms with Crippen LogP contribution in [0.2, 0.25) is 0 Å². The first-order chi connectivity index (χ1) is 8.22. The minimum atomic E-state index is 0.493. The van der Waals surface area contributed by atoms with E-state index in [1.807, 2.05) is 0 Å². The van der Waals surface area contributed by atoms with E-state index in [9.17, 15) is 0 Å². The predicted octanol–water partition coefficient (Wildman–Crippen LogP) is 1.79. The van der Waals surface area contributed by atoms with E-state index in [0.717, 1.165) is 43.5 Å². The van der Waals surface area contributed by atoms with Crippen molar-refractivity contribution in [2.45, 2.75) is 32.9 Å². The molecule has 0 aliphatic carbocycles. The summed E-state index contributed by atoms with van der Waals surface area (Å²) in [5, 5.41) is 4.47. The summed E-state index contributed by atoms with van der Waals surface area (Å²) in [6.45, 7) is 7.85. The van der Waals surface area contributed by atoms with Gasteiger partial charge in [0.1, 0.15) is 0 Å². The average molecular weight is 255 g/mol. The summed E-state index contributed by atoms with van der Waals surface area (Å²) in [7, 11) is 2.12. The van der Waals surface area contributed by atoms with Gasteiger partial charge in [-0.15, -0.1) is 11.3 Å². The number of hydrogen-bond donors (Lipinski definition) is 1. The molecule has 96 valence electrons. The summed E-state index contributed by atoms with van der Waals surface area (Å²) in [6.07, 6.45) is 1.11. The molecule has 0 radical (unpaired) electrons. The number of nitrogens with one attached hydrogen (secondary N) is 1. The molecule has 1 aliphatic rings. The Kier molecular flexibility index (Phi) is 4.36. The first-order valence-electron chi connectivity index (χ1n) is 6.20. The van der Waals surface area contributed by atoms with Gasteiger partial charge in [-0.05, 0) is 19.9 Å². The first kappa shape index (κ1) is 12.8. The van der Waals surface area contributed by atoms with E-state index in [2.05, 4.69) is 36.1 Å². The van der Waals surface area contributed by atoms with E-state index < -0.39 is 0 Å². The Bertz CT molecular complexity index is 361. The monoisotopic (exact) mass is 255 g/mol. The molecule has 2 rings (SSSR count). The number of ether oxygens (including phenoxy) is 1. The van der Waals surface area contributed by atoms with Gasteiger partial charge in [0.15, 0.2) is 5.13 Å². The first-order valence-corrected chi connectivity index (χ1v) is 7.01. The lowest BCUT2D eigenvalue weighted by atomic mass is 10.2. The van der Waals surface area contributed by atoms with Gasteiger partial charge in [-0.3, -0.25) is 0 Å². The molecule has 4 nitrogen and oxygen atoms in total. The summed E-state index contributed by atoms with van der Waals surface area (Å²) in [6, 6.07) is 0.493. The van der Waals surface area contributed by atoms with Crippen molar-refractivity contribution in [2.24, 2.45) is 0 Å². The number of aryl methyl sites for hydroxylation is 1. The second-order valence-electron chi connectivity index (χ2n) is 4.41. The minimum absolute atomic E-state index is 0.493. The van der Waals surface area contributed by atoms with Crippen molar-refractivity contribution in [3.8, 4) is 0 Å². The fourth-order valence-corrected chi connectivity index (χ4v) is 3.01. The molecule has 1 saturated heterocycles. The lowest BCUT2D eigenvalue weighted by Gasteiger charge is -2.21. The van der Waals surface area contributed by atoms with Crippen LogP contribution in [0, 0.1) is 6.92 Å². The molecule has 0 amide bonds. The third kappa shape index (κ3) is 2.97. The van der Waals surface area contributed by atoms with Crippen LogP contribution < -0.4 is 10.2 Å². The van der Waals surface area contributed by atoms with E-state index >= 15 is 0 Å². The summed E-state index contributed by atoms with van der Waals surface area (Å²) < 4.78 is 5.42. The Morgan fingerprint density at radius 3 is 3.06 bits per heavy atom. The van der Waals surface area contributed by atoms with Crippen LogP contribution in [0.15, 0.2) is 0 Å². The van der Waals surface area contributed by atoms with Gasteiger partial charge in [-0.25, -0.2) is 4.98 Å². The van der Waals surface area contributed by atoms with Gasteiger partial charge in [-0.1, -0.05) is 6.92 Å². The largest absolute Gasteiger partial charge is 0.379 e. The van der Waals surface area contributed by atoms with E-state index in [1.165, 1.54) is 4.88 Å². The van der Waals surface area contributed by atoms with Gasteiger partial charge in [0, 0.05) is 25.1 Å². The number of rotatable bonds is 5. The summed E-state index contributed by atoms with van der Waals surface area (Å²) in [5.74, 6) is 0. The number of likely N-dealkylation sites (N-methyl/N-ethyl adjacent to an activating group) is 1. The second kappa shape index (κ2) is 5.80. The molecule has 1 aromatic rings. The standard InChI is InChI=1S/C12H21N3OS/c1-4-13-7-11-9(2)14-12(17-11)15(3)10-5-6-16-8-10/h10,13H,4-8H2,1-3H3. The molecule has 1 unspecified atom stereocenters. The molecular formula is C12H21N3OS. The van der Waals surface area contributed by atoms with Crippen LogP contribution >= 0.6 is 11.3 Å². The highest BCUT2D eigenvalue weighted by molar-refractivity contribution is 7.15. The molecule has 5 heteroatoms. The lowest BCUT2D eigenvalue weighted by molar-refractivity contribution is 0.193. The topological polar surface area (TPSA) is 37.4 Å². The van der Waals surface area contributed by atoms with Gasteiger partial charge in [-0.2, -0.15) is 0 Å². The smallest absolute Gasteiger partial charge is 0.185 e. The Morgan fingerprint density at radius 2 is 2.41 bits per heavy atom. The number of thiazole rings is 1. The minimum Gasteiger partial charge on any atom is -0.379 e. The average Bonchev–Trinajstić information content (AvgIpc) is 2.95. The SMILES string of the molecule is CCNCc1sc(N(C)C2CCOC2)nc1C. The van der Waals surface area contributed by atoms with Crippen LogP contribution in [0.5, 0.6) is 0 Å². The zero-order chi connectivity index (χ0) is 12.3. The van der Waals surface area contributed by atoms with Gasteiger partial charge >= 0.3 is 0 Å². The number of hydrogen-bond acceptors (Lipinski definition) is 5. The van der Waals surface area contributed by atoms with Crippen molar-refractivity contribution in [3.63, 3.8) is 0 Å². The van der Waals surface area contributed by atoms with Gasteiger partial charge in [0.25, 0.3) is 0 Å². The molecule has 0 aromatic carbocycles. The van der Waals surface area contributed by atoms with Crippen LogP contribution in [0.3, 0.4) is 0 Å². The van der Waals surface area contributed by atoms with Crippen LogP contribution in [-0.4, -0.2) is 37.8 Å². The molecule has 0 spiro atoms. The lowest BCUT2D eigenvalue weighted by Crippen LogP contribution is -2.31. The normalized spacial score (nSPS) is 19.8. The van der Waals surface area contributed by atoms with Crippen molar-refractivity contribution < 1.29 is 4.74 Å². The maximum atomic E-state index is 5.42. The number of aromatic nitrogens is 1. The molecule has 0 saturated carbocycles. The number of nitrogens with zero attached hydrogens (tertiary/aromatic N) is 2. The Hall–Kier alpha value is -0.650. The van der Waals surface area contributed by atoms with Gasteiger partial charge in [0.2, 0.25) is 0 Å². The summed E-state index contributed by atoms with van der Waals surface area (Å²) in [5.41, 5.74) is 1.15. The van der Waals surface area contributed by atoms with Crippen molar-refractivity contribution in [3.05, 3.63) is 10.6 Å². The maximum Gasteiger partial charge on any atom is 0.185 e. The van der Waals surface area contributed by atoms with Crippen LogP contribution in [0.1, 0.15) is 23.9 Å². The maximum absolute atomic E-state index is 5.42. The Labute approximate surface area is 107 Å². The van der Waals surface area contributed by atoms with E-state index in [0.29, 0.717) is 6.04 Å². The quantitative estimate of drug-likeness (QED) is 0.870. The highest BCUT2D eigenvalue weighted by Gasteiger charge is 2.23. The van der Waals surface area contributed by atoms with Gasteiger partial charge in [0.05, 0.1) is 18.3 Å². The molecule has 1 N–H and O–H groups in total. The molecule has 1 fully saturated rings. The Morgan fingerprint density at radius 1 is 1.59 bits per heavy atom. The zero-order valence-corrected chi connectivity index (χ0v) is 11.6. The summed E-state index contributed by atoms with van der Waals surface area (Å²) >= 11 is 1.79. The molecule has 0 bridgehead atoms. The van der Waals surface area contributed by atoms with Crippen molar-refractivity contribution in [2.75, 3.05) is 31.7 Å². The Balaban J connectivity index is 2.04. The molecular weight excluding hydrogens is 234 g/mol. The third-order valence-electron chi connectivity index (χ3n) is 3.17. The molecule has 1 atom stereocenters. The van der Waals surface area contributed by atoms with Crippen molar-refractivity contribution >= 4 is 16.5 Å². The van der Waals surface area contributed by atoms with E-state index in [1.54, 1.807) is 11.3 Å². The predicted molar refractivity (Wildman–Crippen MR) is 71.9 cm³/mol. The van der Waals surface area contributed by atoms with Crippen LogP contribution in [0.4, 0.5) is 5.13 Å². The molecule has 1 aromatic heterocycles. The molecule has 2 heterocycles. The molecule has 17 heavy (non-hydrogen) atoms. The zero-order valence-electron chi connectivity index (χ0n) is 10.8. The highest BCUT2D eigenvalue weighted by atomic mass is 32.1. The van der Waals surface area contributed by atoms with Crippen molar-refractivity contribution in [1.82, 2.24) is 10.3 Å².